The first-order chi connectivity index (χ1) is 10.2. The van der Waals surface area contributed by atoms with Crippen LogP contribution in [0.2, 0.25) is 5.15 Å². The number of nitrogens with one attached hydrogen (secondary N) is 1. The molecule has 0 radical (unpaired) electrons. The van der Waals surface area contributed by atoms with Crippen LogP contribution in [0.3, 0.4) is 0 Å². The molecule has 0 fully saturated rings. The van der Waals surface area contributed by atoms with Gasteiger partial charge in [-0.05, 0) is 30.3 Å². The molecular weight excluding hydrogens is 288 g/mol. The van der Waals surface area contributed by atoms with Crippen molar-refractivity contribution in [2.24, 2.45) is 0 Å². The lowest BCUT2D eigenvalue weighted by Gasteiger charge is -2.08. The van der Waals surface area contributed by atoms with Crippen molar-refractivity contribution in [3.8, 4) is 5.69 Å². The molecule has 0 aliphatic heterocycles. The molecule has 1 N–H and O–H groups in total. The molecule has 6 heteroatoms. The average molecular weight is 299 g/mol. The summed E-state index contributed by atoms with van der Waals surface area (Å²) in [6.07, 6.45) is 6.76. The van der Waals surface area contributed by atoms with E-state index in [1.165, 1.54) is 0 Å². The Kier molecular flexibility index (Phi) is 3.66. The number of pyridine rings is 1. The van der Waals surface area contributed by atoms with Crippen LogP contribution in [0.4, 0.5) is 5.69 Å². The van der Waals surface area contributed by atoms with Gasteiger partial charge in [0.05, 0.1) is 11.9 Å². The van der Waals surface area contributed by atoms with Gasteiger partial charge in [-0.2, -0.15) is 0 Å². The van der Waals surface area contributed by atoms with Gasteiger partial charge in [0.15, 0.2) is 0 Å². The number of nitrogens with zero attached hydrogens (tertiary/aromatic N) is 3. The van der Waals surface area contributed by atoms with Gasteiger partial charge in [-0.15, -0.1) is 0 Å². The van der Waals surface area contributed by atoms with Crippen LogP contribution in [0.25, 0.3) is 5.69 Å². The van der Waals surface area contributed by atoms with Crippen molar-refractivity contribution in [3.63, 3.8) is 0 Å². The lowest BCUT2D eigenvalue weighted by molar-refractivity contribution is 0.102. The van der Waals surface area contributed by atoms with Gasteiger partial charge in [0.25, 0.3) is 5.91 Å². The Labute approximate surface area is 126 Å². The van der Waals surface area contributed by atoms with Crippen molar-refractivity contribution < 1.29 is 4.79 Å². The first-order valence-electron chi connectivity index (χ1n) is 6.24. The molecule has 0 spiro atoms. The maximum Gasteiger partial charge on any atom is 0.258 e. The van der Waals surface area contributed by atoms with E-state index in [0.29, 0.717) is 11.3 Å². The Morgan fingerprint density at radius 2 is 2.10 bits per heavy atom. The van der Waals surface area contributed by atoms with Crippen LogP contribution in [0.1, 0.15) is 10.4 Å². The number of aromatic nitrogens is 3. The minimum atomic E-state index is -0.295. The largest absolute Gasteiger partial charge is 0.322 e. The zero-order valence-corrected chi connectivity index (χ0v) is 11.7. The summed E-state index contributed by atoms with van der Waals surface area (Å²) in [5.41, 5.74) is 1.92. The highest BCUT2D eigenvalue weighted by Gasteiger charge is 2.11. The number of benzene rings is 1. The Morgan fingerprint density at radius 3 is 2.86 bits per heavy atom. The normalized spacial score (nSPS) is 10.3. The zero-order chi connectivity index (χ0) is 14.7. The fourth-order valence-electron chi connectivity index (χ4n) is 1.91. The summed E-state index contributed by atoms with van der Waals surface area (Å²) in [5.74, 6) is -0.295. The van der Waals surface area contributed by atoms with E-state index in [-0.39, 0.29) is 11.1 Å². The number of hydrogen-bond acceptors (Lipinski definition) is 3. The third-order valence-electron chi connectivity index (χ3n) is 2.91. The second-order valence-electron chi connectivity index (χ2n) is 4.32. The van der Waals surface area contributed by atoms with E-state index >= 15 is 0 Å². The van der Waals surface area contributed by atoms with Crippen LogP contribution < -0.4 is 5.32 Å². The number of anilines is 1. The first-order valence-corrected chi connectivity index (χ1v) is 6.62. The van der Waals surface area contributed by atoms with E-state index in [2.05, 4.69) is 15.3 Å². The number of amides is 1. The van der Waals surface area contributed by atoms with Gasteiger partial charge in [-0.1, -0.05) is 17.7 Å². The summed E-state index contributed by atoms with van der Waals surface area (Å²) in [7, 11) is 0. The predicted molar refractivity (Wildman–Crippen MR) is 80.8 cm³/mol. The molecule has 0 unspecified atom stereocenters. The summed E-state index contributed by atoms with van der Waals surface area (Å²) >= 11 is 5.91. The van der Waals surface area contributed by atoms with Crippen molar-refractivity contribution in [1.82, 2.24) is 14.5 Å². The van der Waals surface area contributed by atoms with Crippen molar-refractivity contribution in [2.75, 3.05) is 5.32 Å². The van der Waals surface area contributed by atoms with Gasteiger partial charge in [-0.25, -0.2) is 9.97 Å². The Morgan fingerprint density at radius 1 is 1.19 bits per heavy atom. The Hall–Kier alpha value is -2.66. The monoisotopic (exact) mass is 298 g/mol. The van der Waals surface area contributed by atoms with Crippen LogP contribution in [0, 0.1) is 0 Å². The fraction of sp³-hybridized carbons (Fsp3) is 0. The highest BCUT2D eigenvalue weighted by atomic mass is 35.5. The Bertz CT molecular complexity index is 771. The highest BCUT2D eigenvalue weighted by molar-refractivity contribution is 6.33. The van der Waals surface area contributed by atoms with E-state index in [1.54, 1.807) is 30.9 Å². The molecule has 0 aliphatic rings. The lowest BCUT2D eigenvalue weighted by atomic mass is 10.2. The molecule has 2 heterocycles. The van der Waals surface area contributed by atoms with Crippen molar-refractivity contribution in [1.29, 1.82) is 0 Å². The molecule has 3 rings (SSSR count). The lowest BCUT2D eigenvalue weighted by Crippen LogP contribution is -2.13. The van der Waals surface area contributed by atoms with Crippen molar-refractivity contribution in [3.05, 3.63) is 72.0 Å². The molecule has 0 atom stereocenters. The molecular formula is C15H11ClN4O. The van der Waals surface area contributed by atoms with Gasteiger partial charge < -0.3 is 9.88 Å². The minimum Gasteiger partial charge on any atom is -0.322 e. The summed E-state index contributed by atoms with van der Waals surface area (Å²) in [6.45, 7) is 0. The van der Waals surface area contributed by atoms with Crippen LogP contribution in [0.5, 0.6) is 0 Å². The molecule has 0 saturated carbocycles. The van der Waals surface area contributed by atoms with Gasteiger partial charge in [-0.3, -0.25) is 4.79 Å². The standard InChI is InChI=1S/C15H11ClN4O/c16-14-13(5-2-6-18-14)15(21)19-11-3-1-4-12(9-11)20-8-7-17-10-20/h1-10H,(H,19,21). The Balaban J connectivity index is 1.84. The minimum absolute atomic E-state index is 0.181. The van der Waals surface area contributed by atoms with Crippen LogP contribution in [-0.4, -0.2) is 20.4 Å². The number of hydrogen-bond donors (Lipinski definition) is 1. The number of imidazole rings is 1. The second-order valence-corrected chi connectivity index (χ2v) is 4.67. The maximum absolute atomic E-state index is 12.2. The molecule has 0 saturated heterocycles. The van der Waals surface area contributed by atoms with E-state index < -0.39 is 0 Å². The quantitative estimate of drug-likeness (QED) is 0.756. The van der Waals surface area contributed by atoms with E-state index in [9.17, 15) is 4.79 Å². The molecule has 21 heavy (non-hydrogen) atoms. The van der Waals surface area contributed by atoms with Gasteiger partial charge >= 0.3 is 0 Å². The van der Waals surface area contributed by atoms with Crippen LogP contribution in [0.15, 0.2) is 61.3 Å². The summed E-state index contributed by atoms with van der Waals surface area (Å²) in [5, 5.41) is 2.99. The third-order valence-corrected chi connectivity index (χ3v) is 3.21. The van der Waals surface area contributed by atoms with E-state index in [1.807, 2.05) is 35.0 Å². The van der Waals surface area contributed by atoms with E-state index in [0.717, 1.165) is 5.69 Å². The van der Waals surface area contributed by atoms with Crippen LogP contribution >= 0.6 is 11.6 Å². The molecule has 0 bridgehead atoms. The third kappa shape index (κ3) is 2.93. The summed E-state index contributed by atoms with van der Waals surface area (Å²) in [4.78, 5) is 20.1. The summed E-state index contributed by atoms with van der Waals surface area (Å²) in [6, 6.07) is 10.7. The van der Waals surface area contributed by atoms with E-state index in [4.69, 9.17) is 11.6 Å². The molecule has 3 aromatic rings. The average Bonchev–Trinajstić information content (AvgIpc) is 3.02. The molecule has 1 amide bonds. The highest BCUT2D eigenvalue weighted by Crippen LogP contribution is 2.17. The predicted octanol–water partition coefficient (Wildman–Crippen LogP) is 3.17. The number of rotatable bonds is 3. The van der Waals surface area contributed by atoms with Gasteiger partial charge in [0.1, 0.15) is 5.15 Å². The molecule has 0 aliphatic carbocycles. The van der Waals surface area contributed by atoms with Gasteiger partial charge in [0, 0.05) is 30.0 Å². The molecule has 104 valence electrons. The van der Waals surface area contributed by atoms with Crippen molar-refractivity contribution >= 4 is 23.2 Å². The SMILES string of the molecule is O=C(Nc1cccc(-n2ccnc2)c1)c1cccnc1Cl. The second kappa shape index (κ2) is 5.76. The molecule has 5 nitrogen and oxygen atoms in total. The zero-order valence-electron chi connectivity index (χ0n) is 10.9. The molecule has 2 aromatic heterocycles. The number of carbonyl (C=O) groups is 1. The van der Waals surface area contributed by atoms with Crippen LogP contribution in [-0.2, 0) is 0 Å². The number of halogens is 1. The van der Waals surface area contributed by atoms with Crippen molar-refractivity contribution in [2.45, 2.75) is 0 Å². The van der Waals surface area contributed by atoms with Gasteiger partial charge in [0.2, 0.25) is 0 Å². The maximum atomic E-state index is 12.2. The smallest absolute Gasteiger partial charge is 0.258 e. The topological polar surface area (TPSA) is 59.8 Å². The summed E-state index contributed by atoms with van der Waals surface area (Å²) < 4.78 is 1.85. The number of carbonyl (C=O) groups excluding carboxylic acids is 1. The molecule has 1 aromatic carbocycles. The first kappa shape index (κ1) is 13.3. The fourth-order valence-corrected chi connectivity index (χ4v) is 2.12.